The highest BCUT2D eigenvalue weighted by Crippen LogP contribution is 2.26. The topological polar surface area (TPSA) is 83.9 Å². The summed E-state index contributed by atoms with van der Waals surface area (Å²) in [6, 6.07) is 6.94. The maximum Gasteiger partial charge on any atom is 0.323 e. The second kappa shape index (κ2) is 6.31. The van der Waals surface area contributed by atoms with Crippen LogP contribution < -0.4 is 0 Å². The SMILES string of the molecule is CC(C(=O)O)S(=O)(=O)N1CCOC(c2ccc(Cl)cc2)C1. The van der Waals surface area contributed by atoms with Crippen LogP contribution >= 0.6 is 11.6 Å². The number of carboxylic acids is 1. The molecule has 0 aromatic heterocycles. The molecule has 1 fully saturated rings. The van der Waals surface area contributed by atoms with Crippen LogP contribution in [0.15, 0.2) is 24.3 Å². The molecule has 2 atom stereocenters. The Hall–Kier alpha value is -1.15. The van der Waals surface area contributed by atoms with E-state index in [1.165, 1.54) is 11.2 Å². The number of ether oxygens (including phenoxy) is 1. The summed E-state index contributed by atoms with van der Waals surface area (Å²) in [5.74, 6) is -1.36. The second-order valence-electron chi connectivity index (χ2n) is 4.79. The van der Waals surface area contributed by atoms with Crippen LogP contribution in [0, 0.1) is 0 Å². The fourth-order valence-corrected chi connectivity index (χ4v) is 3.59. The van der Waals surface area contributed by atoms with E-state index in [0.29, 0.717) is 5.02 Å². The van der Waals surface area contributed by atoms with E-state index in [4.69, 9.17) is 21.4 Å². The Balaban J connectivity index is 2.17. The fraction of sp³-hybridized carbons (Fsp3) is 0.462. The number of carbonyl (C=O) groups is 1. The minimum atomic E-state index is -3.88. The third kappa shape index (κ3) is 3.55. The first-order valence-corrected chi connectivity index (χ1v) is 8.29. The first kappa shape index (κ1) is 16.2. The molecule has 8 heteroatoms. The van der Waals surface area contributed by atoms with Crippen molar-refractivity contribution in [3.63, 3.8) is 0 Å². The summed E-state index contributed by atoms with van der Waals surface area (Å²) in [6.45, 7) is 1.65. The van der Waals surface area contributed by atoms with Gasteiger partial charge in [-0.3, -0.25) is 4.79 Å². The first-order chi connectivity index (χ1) is 9.82. The van der Waals surface area contributed by atoms with Gasteiger partial charge in [0.1, 0.15) is 0 Å². The van der Waals surface area contributed by atoms with Gasteiger partial charge in [0, 0.05) is 18.1 Å². The quantitative estimate of drug-likeness (QED) is 0.903. The lowest BCUT2D eigenvalue weighted by atomic mass is 10.1. The highest BCUT2D eigenvalue weighted by Gasteiger charge is 2.37. The molecular weight excluding hydrogens is 318 g/mol. The van der Waals surface area contributed by atoms with E-state index in [9.17, 15) is 13.2 Å². The molecule has 1 aliphatic rings. The van der Waals surface area contributed by atoms with Crippen molar-refractivity contribution in [1.82, 2.24) is 4.31 Å². The lowest BCUT2D eigenvalue weighted by Crippen LogP contribution is -2.47. The zero-order valence-corrected chi connectivity index (χ0v) is 13.0. The van der Waals surface area contributed by atoms with Crippen LogP contribution in [0.3, 0.4) is 0 Å². The molecule has 6 nitrogen and oxygen atoms in total. The van der Waals surface area contributed by atoms with Crippen molar-refractivity contribution in [2.24, 2.45) is 0 Å². The summed E-state index contributed by atoms with van der Waals surface area (Å²) in [6.07, 6.45) is -0.424. The number of carboxylic acid groups (broad SMARTS) is 1. The van der Waals surface area contributed by atoms with Gasteiger partial charge in [-0.15, -0.1) is 0 Å². The molecule has 1 saturated heterocycles. The Morgan fingerprint density at radius 3 is 2.62 bits per heavy atom. The maximum absolute atomic E-state index is 12.2. The Kier molecular flexibility index (Phi) is 4.88. The number of hydrogen-bond acceptors (Lipinski definition) is 4. The standard InChI is InChI=1S/C13H16ClNO5S/c1-9(13(16)17)21(18,19)15-6-7-20-12(8-15)10-2-4-11(14)5-3-10/h2-5,9,12H,6-8H2,1H3,(H,16,17). The highest BCUT2D eigenvalue weighted by atomic mass is 35.5. The van der Waals surface area contributed by atoms with Gasteiger partial charge in [0.25, 0.3) is 0 Å². The predicted molar refractivity (Wildman–Crippen MR) is 77.7 cm³/mol. The molecule has 116 valence electrons. The molecule has 2 rings (SSSR count). The zero-order chi connectivity index (χ0) is 15.6. The van der Waals surface area contributed by atoms with Crippen LogP contribution in [0.2, 0.25) is 5.02 Å². The largest absolute Gasteiger partial charge is 0.480 e. The van der Waals surface area contributed by atoms with Gasteiger partial charge in [-0.1, -0.05) is 23.7 Å². The van der Waals surface area contributed by atoms with Gasteiger partial charge in [-0.2, -0.15) is 4.31 Å². The van der Waals surface area contributed by atoms with Crippen molar-refractivity contribution in [1.29, 1.82) is 0 Å². The predicted octanol–water partition coefficient (Wildman–Crippen LogP) is 1.52. The summed E-state index contributed by atoms with van der Waals surface area (Å²) in [5.41, 5.74) is 0.808. The molecule has 1 aromatic carbocycles. The number of morpholine rings is 1. The average molecular weight is 334 g/mol. The van der Waals surface area contributed by atoms with Crippen LogP contribution in [0.4, 0.5) is 0 Å². The molecule has 21 heavy (non-hydrogen) atoms. The molecule has 0 amide bonds. The molecule has 0 aliphatic carbocycles. The lowest BCUT2D eigenvalue weighted by Gasteiger charge is -2.33. The Bertz CT molecular complexity index is 616. The van der Waals surface area contributed by atoms with E-state index in [1.807, 2.05) is 0 Å². The molecule has 1 aliphatic heterocycles. The van der Waals surface area contributed by atoms with Crippen LogP contribution in [0.25, 0.3) is 0 Å². The van der Waals surface area contributed by atoms with E-state index >= 15 is 0 Å². The van der Waals surface area contributed by atoms with Crippen LogP contribution in [0.1, 0.15) is 18.6 Å². The molecule has 1 N–H and O–H groups in total. The van der Waals surface area contributed by atoms with Crippen molar-refractivity contribution in [3.8, 4) is 0 Å². The average Bonchev–Trinajstić information content (AvgIpc) is 2.47. The second-order valence-corrected chi connectivity index (χ2v) is 7.48. The van der Waals surface area contributed by atoms with Gasteiger partial charge in [-0.25, -0.2) is 8.42 Å². The molecule has 0 bridgehead atoms. The van der Waals surface area contributed by atoms with E-state index in [-0.39, 0.29) is 19.7 Å². The maximum atomic E-state index is 12.2. The molecule has 0 saturated carbocycles. The number of benzene rings is 1. The number of rotatable bonds is 4. The van der Waals surface area contributed by atoms with Gasteiger partial charge in [0.15, 0.2) is 5.25 Å². The molecule has 1 aromatic rings. The summed E-state index contributed by atoms with van der Waals surface area (Å²) >= 11 is 5.82. The minimum Gasteiger partial charge on any atom is -0.480 e. The summed E-state index contributed by atoms with van der Waals surface area (Å²) < 4.78 is 31.2. The summed E-state index contributed by atoms with van der Waals surface area (Å²) in [5, 5.41) is 8.02. The number of nitrogens with zero attached hydrogens (tertiary/aromatic N) is 1. The van der Waals surface area contributed by atoms with Gasteiger partial charge in [0.2, 0.25) is 10.0 Å². The minimum absolute atomic E-state index is 0.0988. The third-order valence-corrected chi connectivity index (χ3v) is 5.82. The van der Waals surface area contributed by atoms with Crippen LogP contribution in [-0.2, 0) is 19.6 Å². The Labute approximate surface area is 128 Å². The number of sulfonamides is 1. The van der Waals surface area contributed by atoms with Crippen LogP contribution in [0.5, 0.6) is 0 Å². The van der Waals surface area contributed by atoms with E-state index in [1.54, 1.807) is 24.3 Å². The van der Waals surface area contributed by atoms with Crippen molar-refractivity contribution in [3.05, 3.63) is 34.9 Å². The van der Waals surface area contributed by atoms with E-state index in [2.05, 4.69) is 0 Å². The lowest BCUT2D eigenvalue weighted by molar-refractivity contribution is -0.136. The van der Waals surface area contributed by atoms with Crippen molar-refractivity contribution >= 4 is 27.6 Å². The van der Waals surface area contributed by atoms with Gasteiger partial charge in [0.05, 0.1) is 12.7 Å². The summed E-state index contributed by atoms with van der Waals surface area (Å²) in [4.78, 5) is 10.9. The van der Waals surface area contributed by atoms with Gasteiger partial charge < -0.3 is 9.84 Å². The normalized spacial score (nSPS) is 21.9. The number of aliphatic carboxylic acids is 1. The molecule has 0 radical (unpaired) electrons. The molecular formula is C13H16ClNO5S. The van der Waals surface area contributed by atoms with Crippen molar-refractivity contribution in [2.45, 2.75) is 18.3 Å². The van der Waals surface area contributed by atoms with Crippen molar-refractivity contribution < 1.29 is 23.1 Å². The first-order valence-electron chi connectivity index (χ1n) is 6.41. The third-order valence-electron chi connectivity index (χ3n) is 3.43. The van der Waals surface area contributed by atoms with Crippen LogP contribution in [-0.4, -0.2) is 48.7 Å². The smallest absolute Gasteiger partial charge is 0.323 e. The Morgan fingerprint density at radius 1 is 1.43 bits per heavy atom. The Morgan fingerprint density at radius 2 is 2.05 bits per heavy atom. The summed E-state index contributed by atoms with van der Waals surface area (Å²) in [7, 11) is -3.88. The zero-order valence-electron chi connectivity index (χ0n) is 11.4. The number of hydrogen-bond donors (Lipinski definition) is 1. The van der Waals surface area contributed by atoms with Gasteiger partial charge >= 0.3 is 5.97 Å². The van der Waals surface area contributed by atoms with Gasteiger partial charge in [-0.05, 0) is 24.6 Å². The fourth-order valence-electron chi connectivity index (χ4n) is 2.09. The van der Waals surface area contributed by atoms with Crippen molar-refractivity contribution in [2.75, 3.05) is 19.7 Å². The van der Waals surface area contributed by atoms with E-state index in [0.717, 1.165) is 5.56 Å². The molecule has 1 heterocycles. The van der Waals surface area contributed by atoms with E-state index < -0.39 is 27.3 Å². The monoisotopic (exact) mass is 333 g/mol. The highest BCUT2D eigenvalue weighted by molar-refractivity contribution is 7.90. The number of halogens is 1. The molecule has 0 spiro atoms. The molecule has 2 unspecified atom stereocenters.